The summed E-state index contributed by atoms with van der Waals surface area (Å²) in [6, 6.07) is 7.41. The van der Waals surface area contributed by atoms with Gasteiger partial charge in [0.05, 0.1) is 11.9 Å². The molecule has 1 aliphatic heterocycles. The zero-order chi connectivity index (χ0) is 15.3. The van der Waals surface area contributed by atoms with Crippen molar-refractivity contribution >= 4 is 21.6 Å². The van der Waals surface area contributed by atoms with E-state index in [-0.39, 0.29) is 6.61 Å². The summed E-state index contributed by atoms with van der Waals surface area (Å²) in [5.74, 6) is -0.115. The number of hydrogen-bond donors (Lipinski definition) is 2. The standard InChI is InChI=1S/C13H19N3O4S/c1-21(18,19)15-13(17)10-20-12-5-3-2-4-11(12)16-8-6-14-7-9-16/h2-5,14H,6-10H2,1H3,(H,15,17). The van der Waals surface area contributed by atoms with Crippen LogP contribution in [0.5, 0.6) is 5.75 Å². The molecule has 0 aliphatic carbocycles. The molecule has 1 aliphatic rings. The van der Waals surface area contributed by atoms with Crippen LogP contribution in [0.3, 0.4) is 0 Å². The summed E-state index contributed by atoms with van der Waals surface area (Å²) in [4.78, 5) is 13.6. The van der Waals surface area contributed by atoms with E-state index >= 15 is 0 Å². The van der Waals surface area contributed by atoms with Gasteiger partial charge in [0, 0.05) is 26.2 Å². The Morgan fingerprint density at radius 1 is 1.33 bits per heavy atom. The molecule has 0 bridgehead atoms. The Morgan fingerprint density at radius 3 is 2.67 bits per heavy atom. The fourth-order valence-electron chi connectivity index (χ4n) is 2.13. The van der Waals surface area contributed by atoms with Gasteiger partial charge in [0.2, 0.25) is 10.0 Å². The van der Waals surface area contributed by atoms with Gasteiger partial charge in [-0.25, -0.2) is 8.42 Å². The molecule has 2 N–H and O–H groups in total. The second-order valence-electron chi connectivity index (χ2n) is 4.79. The van der Waals surface area contributed by atoms with Crippen LogP contribution >= 0.6 is 0 Å². The summed E-state index contributed by atoms with van der Waals surface area (Å²) in [5.41, 5.74) is 0.908. The lowest BCUT2D eigenvalue weighted by molar-refractivity contribution is -0.121. The van der Waals surface area contributed by atoms with Crippen LogP contribution in [0.2, 0.25) is 0 Å². The molecule has 0 atom stereocenters. The minimum Gasteiger partial charge on any atom is -0.482 e. The summed E-state index contributed by atoms with van der Waals surface area (Å²) < 4.78 is 29.3. The van der Waals surface area contributed by atoms with Gasteiger partial charge >= 0.3 is 0 Å². The number of anilines is 1. The van der Waals surface area contributed by atoms with Gasteiger partial charge < -0.3 is 15.0 Å². The number of sulfonamides is 1. The summed E-state index contributed by atoms with van der Waals surface area (Å²) in [5, 5.41) is 3.27. The quantitative estimate of drug-likeness (QED) is 0.766. The van der Waals surface area contributed by atoms with Crippen LogP contribution in [-0.4, -0.2) is 53.4 Å². The highest BCUT2D eigenvalue weighted by Crippen LogP contribution is 2.28. The van der Waals surface area contributed by atoms with Crippen LogP contribution in [0, 0.1) is 0 Å². The first-order chi connectivity index (χ1) is 9.96. The fraction of sp³-hybridized carbons (Fsp3) is 0.462. The number of amides is 1. The maximum Gasteiger partial charge on any atom is 0.271 e. The van der Waals surface area contributed by atoms with Crippen LogP contribution in [0.15, 0.2) is 24.3 Å². The van der Waals surface area contributed by atoms with E-state index in [1.54, 1.807) is 6.07 Å². The Bertz CT molecular complexity index is 597. The smallest absolute Gasteiger partial charge is 0.271 e. The van der Waals surface area contributed by atoms with Gasteiger partial charge in [0.25, 0.3) is 5.91 Å². The molecule has 8 heteroatoms. The Balaban J connectivity index is 2.01. The van der Waals surface area contributed by atoms with E-state index in [2.05, 4.69) is 10.2 Å². The first-order valence-corrected chi connectivity index (χ1v) is 8.53. The average Bonchev–Trinajstić information content (AvgIpc) is 2.45. The lowest BCUT2D eigenvalue weighted by Crippen LogP contribution is -2.43. The zero-order valence-electron chi connectivity index (χ0n) is 11.8. The number of ether oxygens (including phenoxy) is 1. The Kier molecular flexibility index (Phi) is 5.03. The van der Waals surface area contributed by atoms with Crippen molar-refractivity contribution in [2.24, 2.45) is 0 Å². The number of hydrogen-bond acceptors (Lipinski definition) is 6. The molecule has 0 saturated carbocycles. The number of nitrogens with zero attached hydrogens (tertiary/aromatic N) is 1. The minimum absolute atomic E-state index is 0.337. The van der Waals surface area contributed by atoms with Crippen LogP contribution in [0.1, 0.15) is 0 Å². The largest absolute Gasteiger partial charge is 0.482 e. The average molecular weight is 313 g/mol. The number of benzene rings is 1. The van der Waals surface area contributed by atoms with Crippen LogP contribution in [0.4, 0.5) is 5.69 Å². The zero-order valence-corrected chi connectivity index (χ0v) is 12.6. The van der Waals surface area contributed by atoms with E-state index in [0.29, 0.717) is 5.75 Å². The van der Waals surface area contributed by atoms with Gasteiger partial charge in [-0.2, -0.15) is 0 Å². The minimum atomic E-state index is -3.56. The van der Waals surface area contributed by atoms with Crippen LogP contribution < -0.4 is 19.7 Å². The van der Waals surface area contributed by atoms with E-state index < -0.39 is 15.9 Å². The van der Waals surface area contributed by atoms with Crippen molar-refractivity contribution in [1.82, 2.24) is 10.0 Å². The molecule has 0 radical (unpaired) electrons. The third-order valence-corrected chi connectivity index (χ3v) is 3.58. The lowest BCUT2D eigenvalue weighted by Gasteiger charge is -2.30. The molecule has 21 heavy (non-hydrogen) atoms. The highest BCUT2D eigenvalue weighted by Gasteiger charge is 2.16. The van der Waals surface area contributed by atoms with E-state index in [4.69, 9.17) is 4.74 Å². The Labute approximate surface area is 124 Å². The van der Waals surface area contributed by atoms with Crippen molar-refractivity contribution in [3.05, 3.63) is 24.3 Å². The maximum absolute atomic E-state index is 11.5. The lowest BCUT2D eigenvalue weighted by atomic mass is 10.2. The van der Waals surface area contributed by atoms with E-state index in [0.717, 1.165) is 38.1 Å². The van der Waals surface area contributed by atoms with Gasteiger partial charge in [0.1, 0.15) is 5.75 Å². The van der Waals surface area contributed by atoms with Crippen molar-refractivity contribution < 1.29 is 17.9 Å². The topological polar surface area (TPSA) is 87.7 Å². The van der Waals surface area contributed by atoms with Gasteiger partial charge in [-0.15, -0.1) is 0 Å². The molecule has 7 nitrogen and oxygen atoms in total. The maximum atomic E-state index is 11.5. The van der Waals surface area contributed by atoms with E-state index in [1.807, 2.05) is 22.9 Å². The fourth-order valence-corrected chi connectivity index (χ4v) is 2.60. The first kappa shape index (κ1) is 15.6. The van der Waals surface area contributed by atoms with Gasteiger partial charge in [0.15, 0.2) is 6.61 Å². The molecule has 1 fully saturated rings. The second-order valence-corrected chi connectivity index (χ2v) is 6.54. The highest BCUT2D eigenvalue weighted by molar-refractivity contribution is 7.89. The summed E-state index contributed by atoms with van der Waals surface area (Å²) in [7, 11) is -3.56. The van der Waals surface area contributed by atoms with Gasteiger partial charge in [-0.3, -0.25) is 9.52 Å². The predicted octanol–water partition coefficient (Wildman–Crippen LogP) is -0.449. The molecule has 1 saturated heterocycles. The number of carbonyl (C=O) groups excluding carboxylic acids is 1. The Morgan fingerprint density at radius 2 is 2.00 bits per heavy atom. The molecule has 116 valence electrons. The van der Waals surface area contributed by atoms with E-state index in [9.17, 15) is 13.2 Å². The summed E-state index contributed by atoms with van der Waals surface area (Å²) >= 11 is 0. The van der Waals surface area contributed by atoms with Crippen molar-refractivity contribution in [2.45, 2.75) is 0 Å². The molecule has 0 spiro atoms. The van der Waals surface area contributed by atoms with Crippen LogP contribution in [-0.2, 0) is 14.8 Å². The van der Waals surface area contributed by atoms with Gasteiger partial charge in [-0.05, 0) is 12.1 Å². The van der Waals surface area contributed by atoms with Crippen molar-refractivity contribution in [1.29, 1.82) is 0 Å². The van der Waals surface area contributed by atoms with Crippen molar-refractivity contribution in [2.75, 3.05) is 43.9 Å². The third-order valence-electron chi connectivity index (χ3n) is 2.98. The molecule has 1 amide bonds. The highest BCUT2D eigenvalue weighted by atomic mass is 32.2. The summed E-state index contributed by atoms with van der Waals surface area (Å²) in [6.07, 6.45) is 0.930. The Hall–Kier alpha value is -1.80. The molecule has 1 aromatic carbocycles. The molecular weight excluding hydrogens is 294 g/mol. The molecule has 0 aromatic heterocycles. The van der Waals surface area contributed by atoms with Gasteiger partial charge in [-0.1, -0.05) is 12.1 Å². The molecular formula is C13H19N3O4S. The number of para-hydroxylation sites is 2. The van der Waals surface area contributed by atoms with Crippen molar-refractivity contribution in [3.63, 3.8) is 0 Å². The monoisotopic (exact) mass is 313 g/mol. The third kappa shape index (κ3) is 4.91. The normalized spacial score (nSPS) is 15.6. The number of carbonyl (C=O) groups is 1. The van der Waals surface area contributed by atoms with Crippen molar-refractivity contribution in [3.8, 4) is 5.75 Å². The molecule has 0 unspecified atom stereocenters. The molecule has 1 aromatic rings. The predicted molar refractivity (Wildman–Crippen MR) is 80.0 cm³/mol. The number of nitrogens with one attached hydrogen (secondary N) is 2. The number of rotatable bonds is 5. The first-order valence-electron chi connectivity index (χ1n) is 6.64. The molecule has 1 heterocycles. The van der Waals surface area contributed by atoms with E-state index in [1.165, 1.54) is 0 Å². The number of piperazine rings is 1. The SMILES string of the molecule is CS(=O)(=O)NC(=O)COc1ccccc1N1CCNCC1. The van der Waals surface area contributed by atoms with Crippen LogP contribution in [0.25, 0.3) is 0 Å². The summed E-state index contributed by atoms with van der Waals surface area (Å²) in [6.45, 7) is 3.16. The second kappa shape index (κ2) is 6.77. The molecule has 2 rings (SSSR count).